The second kappa shape index (κ2) is 7.07. The van der Waals surface area contributed by atoms with E-state index >= 15 is 0 Å². The third-order valence-electron chi connectivity index (χ3n) is 2.51. The lowest BCUT2D eigenvalue weighted by molar-refractivity contribution is 0.141. The molecule has 0 saturated carbocycles. The molecule has 18 heavy (non-hydrogen) atoms. The van der Waals surface area contributed by atoms with Crippen LogP contribution in [-0.4, -0.2) is 24.7 Å². The van der Waals surface area contributed by atoms with Gasteiger partial charge in [0.05, 0.1) is 16.8 Å². The van der Waals surface area contributed by atoms with Crippen molar-refractivity contribution >= 4 is 42.6 Å². The van der Waals surface area contributed by atoms with E-state index in [4.69, 9.17) is 4.74 Å². The first-order valence-corrected chi connectivity index (χ1v) is 7.78. The highest BCUT2D eigenvalue weighted by Gasteiger charge is 2.03. The largest absolute Gasteiger partial charge is 0.380 e. The topological polar surface area (TPSA) is 34.1 Å². The Hall–Kier alpha value is -0.650. The zero-order chi connectivity index (χ0) is 12.8. The fourth-order valence-electron chi connectivity index (χ4n) is 1.55. The molecule has 1 heterocycles. The predicted octanol–water partition coefficient (Wildman–Crippen LogP) is 4.29. The maximum Gasteiger partial charge on any atom is 0.183 e. The number of ether oxygens (including phenoxy) is 1. The molecular weight excluding hydrogens is 312 g/mol. The summed E-state index contributed by atoms with van der Waals surface area (Å²) in [6, 6.07) is 6.16. The molecule has 0 unspecified atom stereocenters. The molecule has 1 aromatic heterocycles. The molecule has 0 atom stereocenters. The molecule has 2 aromatic rings. The van der Waals surface area contributed by atoms with Crippen LogP contribution in [0.5, 0.6) is 0 Å². The van der Waals surface area contributed by atoms with Crippen molar-refractivity contribution in [1.82, 2.24) is 4.98 Å². The number of nitrogens with one attached hydrogen (secondary N) is 1. The molecule has 98 valence electrons. The van der Waals surface area contributed by atoms with E-state index in [0.717, 1.165) is 41.3 Å². The summed E-state index contributed by atoms with van der Waals surface area (Å²) in [5, 5.41) is 4.26. The van der Waals surface area contributed by atoms with E-state index in [2.05, 4.69) is 39.2 Å². The van der Waals surface area contributed by atoms with Crippen LogP contribution in [0.3, 0.4) is 0 Å². The molecule has 0 fully saturated rings. The minimum atomic E-state index is 0.736. The zero-order valence-corrected chi connectivity index (χ0v) is 12.8. The normalized spacial score (nSPS) is 11.0. The molecular formula is C13H17BrN2OS. The Kier molecular flexibility index (Phi) is 5.41. The van der Waals surface area contributed by atoms with Gasteiger partial charge in [-0.15, -0.1) is 0 Å². The van der Waals surface area contributed by atoms with Crippen molar-refractivity contribution in [2.24, 2.45) is 0 Å². The van der Waals surface area contributed by atoms with Crippen LogP contribution < -0.4 is 5.32 Å². The molecule has 0 aliphatic carbocycles. The SMILES string of the molecule is CCCCOCCNc1nc2cc(Br)ccc2s1. The fourth-order valence-corrected chi connectivity index (χ4v) is 2.78. The number of hydrogen-bond donors (Lipinski definition) is 1. The van der Waals surface area contributed by atoms with Gasteiger partial charge in [0.15, 0.2) is 5.13 Å². The average molecular weight is 329 g/mol. The van der Waals surface area contributed by atoms with Crippen LogP contribution >= 0.6 is 27.3 Å². The van der Waals surface area contributed by atoms with Gasteiger partial charge in [-0.1, -0.05) is 40.6 Å². The summed E-state index contributed by atoms with van der Waals surface area (Å²) in [4.78, 5) is 4.53. The summed E-state index contributed by atoms with van der Waals surface area (Å²) >= 11 is 5.13. The summed E-state index contributed by atoms with van der Waals surface area (Å²) in [6.45, 7) is 4.57. The molecule has 0 amide bonds. The van der Waals surface area contributed by atoms with E-state index in [-0.39, 0.29) is 0 Å². The van der Waals surface area contributed by atoms with Gasteiger partial charge in [0.1, 0.15) is 0 Å². The molecule has 0 radical (unpaired) electrons. The standard InChI is InChI=1S/C13H17BrN2OS/c1-2-3-7-17-8-6-15-13-16-11-9-10(14)4-5-12(11)18-13/h4-5,9H,2-3,6-8H2,1H3,(H,15,16). The highest BCUT2D eigenvalue weighted by molar-refractivity contribution is 9.10. The van der Waals surface area contributed by atoms with Gasteiger partial charge in [-0.05, 0) is 24.6 Å². The molecule has 0 aliphatic heterocycles. The molecule has 1 aromatic carbocycles. The number of halogens is 1. The maximum atomic E-state index is 5.50. The van der Waals surface area contributed by atoms with Crippen molar-refractivity contribution in [3.63, 3.8) is 0 Å². The smallest absolute Gasteiger partial charge is 0.183 e. The minimum Gasteiger partial charge on any atom is -0.380 e. The lowest BCUT2D eigenvalue weighted by Crippen LogP contribution is -2.09. The third kappa shape index (κ3) is 3.93. The summed E-state index contributed by atoms with van der Waals surface area (Å²) < 4.78 is 7.76. The fraction of sp³-hybridized carbons (Fsp3) is 0.462. The number of anilines is 1. The van der Waals surface area contributed by atoms with Gasteiger partial charge in [-0.2, -0.15) is 0 Å². The minimum absolute atomic E-state index is 0.736. The molecule has 2 rings (SSSR count). The highest BCUT2D eigenvalue weighted by Crippen LogP contribution is 2.27. The second-order valence-corrected chi connectivity index (χ2v) is 5.97. The highest BCUT2D eigenvalue weighted by atomic mass is 79.9. The Morgan fingerprint density at radius 1 is 1.39 bits per heavy atom. The first-order valence-electron chi connectivity index (χ1n) is 6.17. The Labute approximate surface area is 120 Å². The van der Waals surface area contributed by atoms with Gasteiger partial charge >= 0.3 is 0 Å². The van der Waals surface area contributed by atoms with Crippen molar-refractivity contribution < 1.29 is 4.74 Å². The number of hydrogen-bond acceptors (Lipinski definition) is 4. The van der Waals surface area contributed by atoms with E-state index in [1.807, 2.05) is 12.1 Å². The second-order valence-electron chi connectivity index (χ2n) is 4.02. The summed E-state index contributed by atoms with van der Waals surface area (Å²) in [5.74, 6) is 0. The molecule has 0 spiro atoms. The van der Waals surface area contributed by atoms with Crippen LogP contribution in [0.4, 0.5) is 5.13 Å². The van der Waals surface area contributed by atoms with Gasteiger partial charge in [-0.3, -0.25) is 0 Å². The van der Waals surface area contributed by atoms with E-state index in [9.17, 15) is 0 Å². The van der Waals surface area contributed by atoms with Gasteiger partial charge in [0.2, 0.25) is 0 Å². The monoisotopic (exact) mass is 328 g/mol. The number of thiazole rings is 1. The van der Waals surface area contributed by atoms with E-state index in [0.29, 0.717) is 0 Å². The first kappa shape index (κ1) is 13.8. The Morgan fingerprint density at radius 2 is 2.28 bits per heavy atom. The van der Waals surface area contributed by atoms with Crippen LogP contribution in [0.15, 0.2) is 22.7 Å². The van der Waals surface area contributed by atoms with Crippen LogP contribution in [-0.2, 0) is 4.74 Å². The molecule has 0 bridgehead atoms. The van der Waals surface area contributed by atoms with Crippen molar-refractivity contribution in [2.45, 2.75) is 19.8 Å². The van der Waals surface area contributed by atoms with Crippen LogP contribution in [0.25, 0.3) is 10.2 Å². The molecule has 3 nitrogen and oxygen atoms in total. The molecule has 0 aliphatic rings. The van der Waals surface area contributed by atoms with Crippen LogP contribution in [0, 0.1) is 0 Å². The molecule has 0 saturated heterocycles. The number of fused-ring (bicyclic) bond motifs is 1. The van der Waals surface area contributed by atoms with Crippen molar-refractivity contribution in [2.75, 3.05) is 25.1 Å². The van der Waals surface area contributed by atoms with Crippen molar-refractivity contribution in [1.29, 1.82) is 0 Å². The first-order chi connectivity index (χ1) is 8.79. The van der Waals surface area contributed by atoms with Crippen LogP contribution in [0.1, 0.15) is 19.8 Å². The van der Waals surface area contributed by atoms with Gasteiger partial charge in [-0.25, -0.2) is 4.98 Å². The third-order valence-corrected chi connectivity index (χ3v) is 4.00. The van der Waals surface area contributed by atoms with Crippen molar-refractivity contribution in [3.8, 4) is 0 Å². The Morgan fingerprint density at radius 3 is 3.11 bits per heavy atom. The summed E-state index contributed by atoms with van der Waals surface area (Å²) in [6.07, 6.45) is 2.31. The number of rotatable bonds is 7. The predicted molar refractivity (Wildman–Crippen MR) is 81.5 cm³/mol. The number of aromatic nitrogens is 1. The molecule has 5 heteroatoms. The van der Waals surface area contributed by atoms with Crippen molar-refractivity contribution in [3.05, 3.63) is 22.7 Å². The maximum absolute atomic E-state index is 5.50. The van der Waals surface area contributed by atoms with Gasteiger partial charge < -0.3 is 10.1 Å². The van der Waals surface area contributed by atoms with E-state index in [1.165, 1.54) is 11.1 Å². The Bertz CT molecular complexity index is 501. The summed E-state index contributed by atoms with van der Waals surface area (Å²) in [7, 11) is 0. The van der Waals surface area contributed by atoms with Gasteiger partial charge in [0, 0.05) is 17.6 Å². The lowest BCUT2D eigenvalue weighted by Gasteiger charge is -2.03. The van der Waals surface area contributed by atoms with E-state index < -0.39 is 0 Å². The van der Waals surface area contributed by atoms with E-state index in [1.54, 1.807) is 11.3 Å². The number of unbranched alkanes of at least 4 members (excludes halogenated alkanes) is 1. The lowest BCUT2D eigenvalue weighted by atomic mass is 10.3. The van der Waals surface area contributed by atoms with Crippen LogP contribution in [0.2, 0.25) is 0 Å². The zero-order valence-electron chi connectivity index (χ0n) is 10.4. The van der Waals surface area contributed by atoms with Gasteiger partial charge in [0.25, 0.3) is 0 Å². The molecule has 1 N–H and O–H groups in total. The summed E-state index contributed by atoms with van der Waals surface area (Å²) in [5.41, 5.74) is 1.03. The Balaban J connectivity index is 1.81. The number of benzene rings is 1. The quantitative estimate of drug-likeness (QED) is 0.770. The number of nitrogens with zero attached hydrogens (tertiary/aromatic N) is 1. The average Bonchev–Trinajstić information content (AvgIpc) is 2.75.